The molecule has 1 heterocycles. The zero-order valence-corrected chi connectivity index (χ0v) is 17.0. The minimum Gasteiger partial charge on any atom is -0.465 e. The van der Waals surface area contributed by atoms with Crippen LogP contribution in [0.2, 0.25) is 0 Å². The maximum atomic E-state index is 12.0. The van der Waals surface area contributed by atoms with Crippen LogP contribution in [0.15, 0.2) is 24.3 Å². The van der Waals surface area contributed by atoms with Crippen molar-refractivity contribution >= 4 is 6.09 Å². The molecule has 3 rings (SSSR count). The van der Waals surface area contributed by atoms with E-state index in [1.54, 1.807) is 11.9 Å². The van der Waals surface area contributed by atoms with Crippen molar-refractivity contribution in [2.24, 2.45) is 5.41 Å². The molecule has 0 aromatic heterocycles. The van der Waals surface area contributed by atoms with Crippen LogP contribution in [-0.4, -0.2) is 48.7 Å². The van der Waals surface area contributed by atoms with Gasteiger partial charge in [-0.3, -0.25) is 0 Å². The zero-order valence-electron chi connectivity index (χ0n) is 17.0. The summed E-state index contributed by atoms with van der Waals surface area (Å²) in [6.45, 7) is 7.74. The maximum absolute atomic E-state index is 12.0. The van der Waals surface area contributed by atoms with Crippen LogP contribution in [0.1, 0.15) is 57.6 Å². The number of benzene rings is 1. The highest BCUT2D eigenvalue weighted by atomic mass is 16.7. The molecule has 150 valence electrons. The average molecular weight is 376 g/mol. The fourth-order valence-electron chi connectivity index (χ4n) is 5.47. The lowest BCUT2D eigenvalue weighted by atomic mass is 9.57. The Hall–Kier alpha value is -1.59. The predicted octanol–water partition coefficient (Wildman–Crippen LogP) is 4.44. The summed E-state index contributed by atoms with van der Waals surface area (Å²) in [5.41, 5.74) is 2.22. The van der Waals surface area contributed by atoms with Gasteiger partial charge in [-0.15, -0.1) is 0 Å². The molecule has 0 spiro atoms. The SMILES string of the molecule is CN(C(=O)O)C(C(C)(C)C)C1(CCC2OCCO2)CCCc2ccccc21. The molecule has 0 radical (unpaired) electrons. The first-order valence-corrected chi connectivity index (χ1v) is 10.0. The smallest absolute Gasteiger partial charge is 0.407 e. The third-order valence-electron chi connectivity index (χ3n) is 6.17. The van der Waals surface area contributed by atoms with Crippen molar-refractivity contribution in [2.75, 3.05) is 20.3 Å². The summed E-state index contributed by atoms with van der Waals surface area (Å²) in [5.74, 6) is 0. The first-order valence-electron chi connectivity index (χ1n) is 10.0. The Morgan fingerprint density at radius 1 is 1.30 bits per heavy atom. The van der Waals surface area contributed by atoms with Crippen LogP contribution in [0.4, 0.5) is 4.79 Å². The number of nitrogens with zero attached hydrogens (tertiary/aromatic N) is 1. The average Bonchev–Trinajstić information content (AvgIpc) is 3.13. The highest BCUT2D eigenvalue weighted by Gasteiger charge is 2.51. The molecule has 1 fully saturated rings. The Kier molecular flexibility index (Phi) is 5.82. The van der Waals surface area contributed by atoms with Crippen molar-refractivity contribution in [2.45, 2.75) is 70.6 Å². The summed E-state index contributed by atoms with van der Waals surface area (Å²) in [6, 6.07) is 8.45. The Bertz CT molecular complexity index is 663. The predicted molar refractivity (Wildman–Crippen MR) is 105 cm³/mol. The molecular formula is C22H33NO4. The molecule has 2 aliphatic rings. The van der Waals surface area contributed by atoms with Gasteiger partial charge in [-0.1, -0.05) is 45.0 Å². The topological polar surface area (TPSA) is 59.0 Å². The molecule has 1 N–H and O–H groups in total. The molecule has 1 aliphatic carbocycles. The van der Waals surface area contributed by atoms with Crippen LogP contribution >= 0.6 is 0 Å². The molecule has 2 unspecified atom stereocenters. The molecule has 1 aliphatic heterocycles. The van der Waals surface area contributed by atoms with E-state index in [2.05, 4.69) is 45.0 Å². The molecule has 1 aromatic carbocycles. The highest BCUT2D eigenvalue weighted by Crippen LogP contribution is 2.50. The second-order valence-corrected chi connectivity index (χ2v) is 9.04. The van der Waals surface area contributed by atoms with Gasteiger partial charge in [0.05, 0.1) is 13.2 Å². The normalized spacial score (nSPS) is 24.4. The van der Waals surface area contributed by atoms with Gasteiger partial charge in [0.1, 0.15) is 0 Å². The minimum absolute atomic E-state index is 0.134. The molecule has 1 saturated heterocycles. The summed E-state index contributed by atoms with van der Waals surface area (Å²) < 4.78 is 11.4. The van der Waals surface area contributed by atoms with Gasteiger partial charge in [-0.25, -0.2) is 4.79 Å². The fourth-order valence-corrected chi connectivity index (χ4v) is 5.47. The van der Waals surface area contributed by atoms with Crippen molar-refractivity contribution in [3.05, 3.63) is 35.4 Å². The van der Waals surface area contributed by atoms with Gasteiger partial charge in [0.15, 0.2) is 6.29 Å². The molecule has 0 saturated carbocycles. The van der Waals surface area contributed by atoms with E-state index in [0.717, 1.165) is 32.1 Å². The number of hydrogen-bond donors (Lipinski definition) is 1. The van der Waals surface area contributed by atoms with Crippen LogP contribution in [0, 0.1) is 5.41 Å². The lowest BCUT2D eigenvalue weighted by Gasteiger charge is -2.53. The number of ether oxygens (including phenoxy) is 2. The molecule has 0 bridgehead atoms. The van der Waals surface area contributed by atoms with Gasteiger partial charge in [0.2, 0.25) is 0 Å². The van der Waals surface area contributed by atoms with Crippen molar-refractivity contribution < 1.29 is 19.4 Å². The van der Waals surface area contributed by atoms with E-state index in [1.165, 1.54) is 11.1 Å². The van der Waals surface area contributed by atoms with Crippen LogP contribution < -0.4 is 0 Å². The number of likely N-dealkylation sites (N-methyl/N-ethyl adjacent to an activating group) is 1. The monoisotopic (exact) mass is 375 g/mol. The molecule has 5 nitrogen and oxygen atoms in total. The van der Waals surface area contributed by atoms with Gasteiger partial charge in [0.25, 0.3) is 0 Å². The third kappa shape index (κ3) is 3.99. The van der Waals surface area contributed by atoms with E-state index in [0.29, 0.717) is 13.2 Å². The molecule has 27 heavy (non-hydrogen) atoms. The van der Waals surface area contributed by atoms with Crippen LogP contribution in [-0.2, 0) is 21.3 Å². The summed E-state index contributed by atoms with van der Waals surface area (Å²) in [4.78, 5) is 13.6. The largest absolute Gasteiger partial charge is 0.465 e. The minimum atomic E-state index is -0.870. The first kappa shape index (κ1) is 20.2. The van der Waals surface area contributed by atoms with Crippen LogP contribution in [0.25, 0.3) is 0 Å². The molecule has 1 amide bonds. The van der Waals surface area contributed by atoms with Crippen molar-refractivity contribution in [3.8, 4) is 0 Å². The third-order valence-corrected chi connectivity index (χ3v) is 6.17. The van der Waals surface area contributed by atoms with E-state index in [-0.39, 0.29) is 23.2 Å². The van der Waals surface area contributed by atoms with Crippen LogP contribution in [0.3, 0.4) is 0 Å². The lowest BCUT2D eigenvalue weighted by Crippen LogP contribution is -2.58. The van der Waals surface area contributed by atoms with Gasteiger partial charge >= 0.3 is 6.09 Å². The summed E-state index contributed by atoms with van der Waals surface area (Å²) in [6.07, 6.45) is 3.71. The molecular weight excluding hydrogens is 342 g/mol. The molecule has 5 heteroatoms. The summed E-state index contributed by atoms with van der Waals surface area (Å²) >= 11 is 0. The standard InChI is InChI=1S/C22H33NO4/c1-21(2,3)19(23(4)20(24)25)22(13-11-18-26-14-15-27-18)12-7-9-16-8-5-6-10-17(16)22/h5-6,8,10,18-19H,7,9,11-15H2,1-4H3,(H,24,25). The Labute approximate surface area is 162 Å². The van der Waals surface area contributed by atoms with Crippen molar-refractivity contribution in [1.82, 2.24) is 4.90 Å². The second kappa shape index (κ2) is 7.80. The summed E-state index contributed by atoms with van der Waals surface area (Å²) in [5, 5.41) is 9.87. The van der Waals surface area contributed by atoms with E-state index >= 15 is 0 Å². The lowest BCUT2D eigenvalue weighted by molar-refractivity contribution is -0.0582. The number of carboxylic acid groups (broad SMARTS) is 1. The Morgan fingerprint density at radius 2 is 1.96 bits per heavy atom. The van der Waals surface area contributed by atoms with Gasteiger partial charge in [-0.05, 0) is 48.6 Å². The van der Waals surface area contributed by atoms with Crippen molar-refractivity contribution in [1.29, 1.82) is 0 Å². The molecule has 1 aromatic rings. The first-order chi connectivity index (χ1) is 12.8. The second-order valence-electron chi connectivity index (χ2n) is 9.04. The highest BCUT2D eigenvalue weighted by molar-refractivity contribution is 5.65. The number of rotatable bonds is 5. The Morgan fingerprint density at radius 3 is 2.59 bits per heavy atom. The quantitative estimate of drug-likeness (QED) is 0.827. The number of fused-ring (bicyclic) bond motifs is 1. The van der Waals surface area contributed by atoms with Gasteiger partial charge in [0, 0.05) is 18.5 Å². The number of aryl methyl sites for hydroxylation is 1. The van der Waals surface area contributed by atoms with Crippen LogP contribution in [0.5, 0.6) is 0 Å². The number of hydrogen-bond acceptors (Lipinski definition) is 3. The van der Waals surface area contributed by atoms with E-state index in [1.807, 2.05) is 0 Å². The Balaban J connectivity index is 2.07. The zero-order chi connectivity index (χ0) is 19.7. The number of carbonyl (C=O) groups is 1. The van der Waals surface area contributed by atoms with E-state index in [4.69, 9.17) is 9.47 Å². The fraction of sp³-hybridized carbons (Fsp3) is 0.682. The maximum Gasteiger partial charge on any atom is 0.407 e. The van der Waals surface area contributed by atoms with Gasteiger partial charge < -0.3 is 19.5 Å². The van der Waals surface area contributed by atoms with Gasteiger partial charge in [-0.2, -0.15) is 0 Å². The molecule has 2 atom stereocenters. The van der Waals surface area contributed by atoms with E-state index < -0.39 is 6.09 Å². The summed E-state index contributed by atoms with van der Waals surface area (Å²) in [7, 11) is 1.72. The van der Waals surface area contributed by atoms with E-state index in [9.17, 15) is 9.90 Å². The van der Waals surface area contributed by atoms with Crippen molar-refractivity contribution in [3.63, 3.8) is 0 Å². The number of amides is 1.